The maximum atomic E-state index is 11.4. The van der Waals surface area contributed by atoms with Crippen LogP contribution >= 0.6 is 0 Å². The van der Waals surface area contributed by atoms with E-state index < -0.39 is 5.97 Å². The number of amides is 1. The van der Waals surface area contributed by atoms with Crippen molar-refractivity contribution >= 4 is 11.9 Å². The molecule has 0 aromatic heterocycles. The van der Waals surface area contributed by atoms with E-state index in [-0.39, 0.29) is 17.9 Å². The highest BCUT2D eigenvalue weighted by atomic mass is 16.4. The summed E-state index contributed by atoms with van der Waals surface area (Å²) in [5, 5.41) is 11.6. The van der Waals surface area contributed by atoms with Gasteiger partial charge in [-0.05, 0) is 33.4 Å². The summed E-state index contributed by atoms with van der Waals surface area (Å²) in [6, 6.07) is 0.0403. The molecule has 0 aromatic rings. The molecule has 0 radical (unpaired) electrons. The second-order valence-corrected chi connectivity index (χ2v) is 4.35. The van der Waals surface area contributed by atoms with Crippen LogP contribution in [0.4, 0.5) is 0 Å². The van der Waals surface area contributed by atoms with Gasteiger partial charge in [0.05, 0.1) is 12.5 Å². The largest absolute Gasteiger partial charge is 0.481 e. The first-order valence-corrected chi connectivity index (χ1v) is 5.16. The Morgan fingerprint density at radius 2 is 2.07 bits per heavy atom. The first kappa shape index (κ1) is 12.0. The average molecular weight is 214 g/mol. The predicted molar refractivity (Wildman–Crippen MR) is 55.5 cm³/mol. The maximum Gasteiger partial charge on any atom is 0.306 e. The molecular weight excluding hydrogens is 196 g/mol. The van der Waals surface area contributed by atoms with Crippen LogP contribution < -0.4 is 5.32 Å². The van der Waals surface area contributed by atoms with Gasteiger partial charge in [-0.15, -0.1) is 0 Å². The smallest absolute Gasteiger partial charge is 0.306 e. The van der Waals surface area contributed by atoms with E-state index in [0.29, 0.717) is 19.4 Å². The Morgan fingerprint density at radius 1 is 1.40 bits per heavy atom. The summed E-state index contributed by atoms with van der Waals surface area (Å²) in [5.41, 5.74) is 0. The maximum absolute atomic E-state index is 11.4. The van der Waals surface area contributed by atoms with Crippen molar-refractivity contribution in [3.63, 3.8) is 0 Å². The first-order chi connectivity index (χ1) is 6.99. The normalized spacial score (nSPS) is 25.5. The fourth-order valence-corrected chi connectivity index (χ4v) is 1.90. The molecule has 5 nitrogen and oxygen atoms in total. The molecule has 0 saturated heterocycles. The van der Waals surface area contributed by atoms with E-state index in [2.05, 4.69) is 5.32 Å². The lowest BCUT2D eigenvalue weighted by molar-refractivity contribution is -0.141. The Labute approximate surface area is 89.4 Å². The van der Waals surface area contributed by atoms with Crippen LogP contribution in [0.2, 0.25) is 0 Å². The molecule has 1 aliphatic rings. The number of likely N-dealkylation sites (N-methyl/N-ethyl adjacent to an activating group) is 1. The summed E-state index contributed by atoms with van der Waals surface area (Å²) < 4.78 is 0. The highest BCUT2D eigenvalue weighted by Crippen LogP contribution is 2.25. The molecule has 0 aromatic carbocycles. The second-order valence-electron chi connectivity index (χ2n) is 4.35. The van der Waals surface area contributed by atoms with Crippen LogP contribution in [0.1, 0.15) is 19.3 Å². The van der Waals surface area contributed by atoms with Crippen LogP contribution in [0.25, 0.3) is 0 Å². The third kappa shape index (κ3) is 3.87. The van der Waals surface area contributed by atoms with E-state index in [1.807, 2.05) is 14.1 Å². The number of nitrogens with one attached hydrogen (secondary N) is 1. The molecule has 2 N–H and O–H groups in total. The molecule has 2 atom stereocenters. The molecule has 15 heavy (non-hydrogen) atoms. The summed E-state index contributed by atoms with van der Waals surface area (Å²) in [4.78, 5) is 23.9. The van der Waals surface area contributed by atoms with Gasteiger partial charge in [-0.2, -0.15) is 0 Å². The minimum absolute atomic E-state index is 0.0314. The SMILES string of the molecule is CN(C)CC(=O)NC1CCC(C(=O)O)C1. The van der Waals surface area contributed by atoms with Gasteiger partial charge < -0.3 is 15.3 Å². The third-order valence-corrected chi connectivity index (χ3v) is 2.61. The standard InChI is InChI=1S/C10H18N2O3/c1-12(2)6-9(13)11-8-4-3-7(5-8)10(14)15/h7-8H,3-6H2,1-2H3,(H,11,13)(H,14,15). The highest BCUT2D eigenvalue weighted by Gasteiger charge is 2.30. The molecule has 0 heterocycles. The van der Waals surface area contributed by atoms with Crippen molar-refractivity contribution in [3.05, 3.63) is 0 Å². The summed E-state index contributed by atoms with van der Waals surface area (Å²) in [6.07, 6.45) is 2.01. The van der Waals surface area contributed by atoms with Gasteiger partial charge in [0, 0.05) is 6.04 Å². The van der Waals surface area contributed by atoms with Crippen molar-refractivity contribution in [1.82, 2.24) is 10.2 Å². The number of carboxylic acids is 1. The molecular formula is C10H18N2O3. The fraction of sp³-hybridized carbons (Fsp3) is 0.800. The van der Waals surface area contributed by atoms with E-state index in [9.17, 15) is 9.59 Å². The average Bonchev–Trinajstić information content (AvgIpc) is 2.50. The Morgan fingerprint density at radius 3 is 2.53 bits per heavy atom. The zero-order valence-corrected chi connectivity index (χ0v) is 9.19. The van der Waals surface area contributed by atoms with Gasteiger partial charge in [0.2, 0.25) is 5.91 Å². The molecule has 1 amide bonds. The molecule has 0 spiro atoms. The van der Waals surface area contributed by atoms with E-state index in [4.69, 9.17) is 5.11 Å². The van der Waals surface area contributed by atoms with Crippen LogP contribution in [0, 0.1) is 5.92 Å². The Bertz CT molecular complexity index is 253. The van der Waals surface area contributed by atoms with Crippen molar-refractivity contribution in [2.45, 2.75) is 25.3 Å². The van der Waals surface area contributed by atoms with Crippen LogP contribution in [0.5, 0.6) is 0 Å². The zero-order valence-electron chi connectivity index (χ0n) is 9.19. The van der Waals surface area contributed by atoms with Gasteiger partial charge in [0.25, 0.3) is 0 Å². The highest BCUT2D eigenvalue weighted by molar-refractivity contribution is 5.78. The number of rotatable bonds is 4. The monoisotopic (exact) mass is 214 g/mol. The topological polar surface area (TPSA) is 69.6 Å². The lowest BCUT2D eigenvalue weighted by atomic mass is 10.1. The van der Waals surface area contributed by atoms with E-state index in [1.54, 1.807) is 4.90 Å². The molecule has 1 rings (SSSR count). The summed E-state index contributed by atoms with van der Waals surface area (Å²) in [7, 11) is 3.66. The van der Waals surface area contributed by atoms with Gasteiger partial charge >= 0.3 is 5.97 Å². The number of hydrogen-bond acceptors (Lipinski definition) is 3. The van der Waals surface area contributed by atoms with Crippen LogP contribution in [0.15, 0.2) is 0 Å². The van der Waals surface area contributed by atoms with E-state index in [0.717, 1.165) is 6.42 Å². The zero-order chi connectivity index (χ0) is 11.4. The van der Waals surface area contributed by atoms with Gasteiger partial charge in [-0.25, -0.2) is 0 Å². The summed E-state index contributed by atoms with van der Waals surface area (Å²) >= 11 is 0. The van der Waals surface area contributed by atoms with Gasteiger partial charge in [0.15, 0.2) is 0 Å². The minimum Gasteiger partial charge on any atom is -0.481 e. The second kappa shape index (κ2) is 5.11. The van der Waals surface area contributed by atoms with Gasteiger partial charge in [0.1, 0.15) is 0 Å². The fourth-order valence-electron chi connectivity index (χ4n) is 1.90. The molecule has 0 bridgehead atoms. The van der Waals surface area contributed by atoms with Gasteiger partial charge in [-0.1, -0.05) is 0 Å². The van der Waals surface area contributed by atoms with Gasteiger partial charge in [-0.3, -0.25) is 9.59 Å². The van der Waals surface area contributed by atoms with Crippen molar-refractivity contribution in [2.75, 3.05) is 20.6 Å². The molecule has 1 fully saturated rings. The Kier molecular flexibility index (Phi) is 4.08. The van der Waals surface area contributed by atoms with Crippen molar-refractivity contribution in [1.29, 1.82) is 0 Å². The summed E-state index contributed by atoms with van der Waals surface area (Å²) in [5.74, 6) is -1.06. The predicted octanol–water partition coefficient (Wildman–Crippen LogP) is -0.0825. The van der Waals surface area contributed by atoms with Crippen LogP contribution in [-0.2, 0) is 9.59 Å². The molecule has 2 unspecified atom stereocenters. The molecule has 86 valence electrons. The van der Waals surface area contributed by atoms with Crippen molar-refractivity contribution in [3.8, 4) is 0 Å². The Hall–Kier alpha value is -1.10. The quantitative estimate of drug-likeness (QED) is 0.686. The number of carbonyl (C=O) groups excluding carboxylic acids is 1. The van der Waals surface area contributed by atoms with Crippen LogP contribution in [-0.4, -0.2) is 48.6 Å². The number of carbonyl (C=O) groups is 2. The lowest BCUT2D eigenvalue weighted by Gasteiger charge is -2.14. The molecule has 1 aliphatic carbocycles. The molecule has 1 saturated carbocycles. The van der Waals surface area contributed by atoms with E-state index in [1.165, 1.54) is 0 Å². The lowest BCUT2D eigenvalue weighted by Crippen LogP contribution is -2.39. The van der Waals surface area contributed by atoms with Crippen molar-refractivity contribution in [2.24, 2.45) is 5.92 Å². The number of hydrogen-bond donors (Lipinski definition) is 2. The van der Waals surface area contributed by atoms with Crippen LogP contribution in [0.3, 0.4) is 0 Å². The summed E-state index contributed by atoms with van der Waals surface area (Å²) in [6.45, 7) is 0.355. The number of carboxylic acid groups (broad SMARTS) is 1. The molecule has 0 aliphatic heterocycles. The minimum atomic E-state index is -0.751. The van der Waals surface area contributed by atoms with E-state index >= 15 is 0 Å². The number of aliphatic carboxylic acids is 1. The first-order valence-electron chi connectivity index (χ1n) is 5.16. The number of nitrogens with zero attached hydrogens (tertiary/aromatic N) is 1. The molecule has 5 heteroatoms. The Balaban J connectivity index is 2.30. The third-order valence-electron chi connectivity index (χ3n) is 2.61. The van der Waals surface area contributed by atoms with Crippen molar-refractivity contribution < 1.29 is 14.7 Å².